The molecule has 138 valence electrons. The summed E-state index contributed by atoms with van der Waals surface area (Å²) in [5.41, 5.74) is 2.17. The molecule has 27 heavy (non-hydrogen) atoms. The van der Waals surface area contributed by atoms with Crippen LogP contribution in [0.25, 0.3) is 0 Å². The van der Waals surface area contributed by atoms with Crippen LogP contribution in [0.3, 0.4) is 0 Å². The lowest BCUT2D eigenvalue weighted by Gasteiger charge is -2.16. The number of carbonyl (C=O) groups is 3. The first-order valence-electron chi connectivity index (χ1n) is 8.29. The lowest BCUT2D eigenvalue weighted by atomic mass is 10.1. The van der Waals surface area contributed by atoms with E-state index in [2.05, 4.69) is 5.32 Å². The fourth-order valence-corrected chi connectivity index (χ4v) is 3.50. The molecule has 0 bridgehead atoms. The molecule has 1 saturated heterocycles. The van der Waals surface area contributed by atoms with Crippen molar-refractivity contribution in [3.05, 3.63) is 46.8 Å². The zero-order valence-corrected chi connectivity index (χ0v) is 15.4. The molecule has 0 aliphatic carbocycles. The van der Waals surface area contributed by atoms with Crippen molar-refractivity contribution in [3.8, 4) is 6.07 Å². The summed E-state index contributed by atoms with van der Waals surface area (Å²) in [6, 6.07) is 11.0. The number of hydrogen-bond acceptors (Lipinski definition) is 6. The van der Waals surface area contributed by atoms with Crippen LogP contribution in [0.15, 0.2) is 35.7 Å². The second-order valence-electron chi connectivity index (χ2n) is 6.17. The van der Waals surface area contributed by atoms with E-state index in [9.17, 15) is 14.4 Å². The van der Waals surface area contributed by atoms with Crippen LogP contribution in [0.1, 0.15) is 17.5 Å². The number of nitrogens with zero attached hydrogens (tertiary/aromatic N) is 2. The maximum absolute atomic E-state index is 12.2. The fraction of sp³-hybridized carbons (Fsp3) is 0.263. The van der Waals surface area contributed by atoms with Crippen molar-refractivity contribution in [2.24, 2.45) is 5.92 Å². The molecule has 1 atom stereocenters. The summed E-state index contributed by atoms with van der Waals surface area (Å²) in [6.45, 7) is 1.72. The van der Waals surface area contributed by atoms with Crippen molar-refractivity contribution < 1.29 is 19.1 Å². The molecule has 1 fully saturated rings. The third-order valence-corrected chi connectivity index (χ3v) is 5.02. The molecule has 2 heterocycles. The van der Waals surface area contributed by atoms with Gasteiger partial charge in [0.15, 0.2) is 6.61 Å². The Labute approximate surface area is 160 Å². The second-order valence-corrected chi connectivity index (χ2v) is 7.09. The predicted octanol–water partition coefficient (Wildman–Crippen LogP) is 2.46. The van der Waals surface area contributed by atoms with Crippen LogP contribution in [0.4, 0.5) is 10.7 Å². The molecule has 1 aromatic heterocycles. The average Bonchev–Trinajstić information content (AvgIpc) is 3.26. The average molecular weight is 383 g/mol. The smallest absolute Gasteiger partial charge is 0.311 e. The number of esters is 1. The number of ether oxygens (including phenoxy) is 1. The fourth-order valence-electron chi connectivity index (χ4n) is 2.75. The van der Waals surface area contributed by atoms with E-state index in [4.69, 9.17) is 10.00 Å². The monoisotopic (exact) mass is 383 g/mol. The number of hydrogen-bond donors (Lipinski definition) is 1. The molecule has 1 aliphatic rings. The largest absolute Gasteiger partial charge is 0.455 e. The van der Waals surface area contributed by atoms with E-state index in [1.807, 2.05) is 37.3 Å². The molecule has 1 aromatic carbocycles. The summed E-state index contributed by atoms with van der Waals surface area (Å²) >= 11 is 1.21. The minimum Gasteiger partial charge on any atom is -0.455 e. The van der Waals surface area contributed by atoms with Crippen molar-refractivity contribution in [2.75, 3.05) is 23.4 Å². The van der Waals surface area contributed by atoms with Crippen molar-refractivity contribution in [2.45, 2.75) is 13.3 Å². The molecule has 0 saturated carbocycles. The standard InChI is InChI=1S/C19H17N3O4S/c1-12-2-4-15(5-3-12)22-10-14(8-17(22)24)19(25)26-11-16(23)21-18-13(9-20)6-7-27-18/h2-7,14H,8,10-11H2,1H3,(H,21,23)/t14-/m1/s1. The van der Waals surface area contributed by atoms with Crippen LogP contribution >= 0.6 is 11.3 Å². The molecular weight excluding hydrogens is 366 g/mol. The van der Waals surface area contributed by atoms with Crippen LogP contribution in [0.5, 0.6) is 0 Å². The molecule has 0 radical (unpaired) electrons. The van der Waals surface area contributed by atoms with Crippen LogP contribution in [0, 0.1) is 24.2 Å². The number of thiophene rings is 1. The Morgan fingerprint density at radius 3 is 2.78 bits per heavy atom. The third-order valence-electron chi connectivity index (χ3n) is 4.19. The maximum Gasteiger partial charge on any atom is 0.311 e. The van der Waals surface area contributed by atoms with E-state index in [0.717, 1.165) is 11.3 Å². The van der Waals surface area contributed by atoms with E-state index < -0.39 is 24.4 Å². The van der Waals surface area contributed by atoms with Gasteiger partial charge in [0.2, 0.25) is 5.91 Å². The SMILES string of the molecule is Cc1ccc(N2C[C@H](C(=O)OCC(=O)Nc3sccc3C#N)CC2=O)cc1. The number of nitrogens with one attached hydrogen (secondary N) is 1. The van der Waals surface area contributed by atoms with Crippen molar-refractivity contribution in [1.29, 1.82) is 5.26 Å². The summed E-state index contributed by atoms with van der Waals surface area (Å²) in [5.74, 6) is -1.87. The Morgan fingerprint density at radius 1 is 1.33 bits per heavy atom. The summed E-state index contributed by atoms with van der Waals surface area (Å²) in [7, 11) is 0. The first kappa shape index (κ1) is 18.6. The lowest BCUT2D eigenvalue weighted by Crippen LogP contribution is -2.28. The van der Waals surface area contributed by atoms with E-state index >= 15 is 0 Å². The summed E-state index contributed by atoms with van der Waals surface area (Å²) in [5, 5.41) is 13.6. The summed E-state index contributed by atoms with van der Waals surface area (Å²) in [6.07, 6.45) is 0.0534. The third kappa shape index (κ3) is 4.33. The molecule has 1 N–H and O–H groups in total. The number of nitriles is 1. The van der Waals surface area contributed by atoms with E-state index in [1.54, 1.807) is 16.3 Å². The van der Waals surface area contributed by atoms with Gasteiger partial charge >= 0.3 is 5.97 Å². The highest BCUT2D eigenvalue weighted by molar-refractivity contribution is 7.14. The van der Waals surface area contributed by atoms with Crippen LogP contribution < -0.4 is 10.2 Å². The molecule has 2 amide bonds. The first-order valence-corrected chi connectivity index (χ1v) is 9.17. The van der Waals surface area contributed by atoms with Crippen LogP contribution in [-0.2, 0) is 19.1 Å². The van der Waals surface area contributed by atoms with E-state index in [1.165, 1.54) is 11.3 Å². The van der Waals surface area contributed by atoms with Gasteiger partial charge in [-0.3, -0.25) is 14.4 Å². The number of carbonyl (C=O) groups excluding carboxylic acids is 3. The van der Waals surface area contributed by atoms with E-state index in [-0.39, 0.29) is 18.9 Å². The lowest BCUT2D eigenvalue weighted by molar-refractivity contribution is -0.151. The molecule has 0 spiro atoms. The van der Waals surface area contributed by atoms with Gasteiger partial charge in [0.1, 0.15) is 11.1 Å². The maximum atomic E-state index is 12.2. The molecule has 1 aliphatic heterocycles. The highest BCUT2D eigenvalue weighted by Crippen LogP contribution is 2.26. The molecule has 0 unspecified atom stereocenters. The molecule has 8 heteroatoms. The Morgan fingerprint density at radius 2 is 2.07 bits per heavy atom. The van der Waals surface area contributed by atoms with Gasteiger partial charge < -0.3 is 15.0 Å². The molecule has 3 rings (SSSR count). The van der Waals surface area contributed by atoms with Gasteiger partial charge in [-0.15, -0.1) is 11.3 Å². The van der Waals surface area contributed by atoms with Crippen molar-refractivity contribution in [3.63, 3.8) is 0 Å². The molecule has 2 aromatic rings. The van der Waals surface area contributed by atoms with E-state index in [0.29, 0.717) is 10.6 Å². The minimum atomic E-state index is -0.608. The zero-order valence-electron chi connectivity index (χ0n) is 14.6. The Hall–Kier alpha value is -3.18. The number of aryl methyl sites for hydroxylation is 1. The number of anilines is 2. The van der Waals surface area contributed by atoms with Gasteiger partial charge in [-0.1, -0.05) is 17.7 Å². The van der Waals surface area contributed by atoms with Gasteiger partial charge in [-0.05, 0) is 30.5 Å². The van der Waals surface area contributed by atoms with Gasteiger partial charge in [0, 0.05) is 18.7 Å². The van der Waals surface area contributed by atoms with Gasteiger partial charge in [-0.2, -0.15) is 5.26 Å². The van der Waals surface area contributed by atoms with Crippen LogP contribution in [0.2, 0.25) is 0 Å². The zero-order chi connectivity index (χ0) is 19.4. The predicted molar refractivity (Wildman–Crippen MR) is 100 cm³/mol. The van der Waals surface area contributed by atoms with Gasteiger partial charge in [0.25, 0.3) is 5.91 Å². The van der Waals surface area contributed by atoms with Gasteiger partial charge in [-0.25, -0.2) is 0 Å². The molecule has 7 nitrogen and oxygen atoms in total. The summed E-state index contributed by atoms with van der Waals surface area (Å²) in [4.78, 5) is 37.9. The Kier molecular flexibility index (Phi) is 5.52. The Balaban J connectivity index is 1.53. The second kappa shape index (κ2) is 8.01. The number of rotatable bonds is 5. The molecular formula is C19H17N3O4S. The normalized spacial score (nSPS) is 16.1. The topological polar surface area (TPSA) is 99.5 Å². The number of benzene rings is 1. The van der Waals surface area contributed by atoms with Gasteiger partial charge in [0.05, 0.1) is 11.5 Å². The first-order chi connectivity index (χ1) is 13.0. The summed E-state index contributed by atoms with van der Waals surface area (Å²) < 4.78 is 5.05. The quantitative estimate of drug-likeness (QED) is 0.800. The van der Waals surface area contributed by atoms with Crippen LogP contribution in [-0.4, -0.2) is 30.9 Å². The highest BCUT2D eigenvalue weighted by Gasteiger charge is 2.36. The number of amides is 2. The minimum absolute atomic E-state index is 0.0534. The van der Waals surface area contributed by atoms with Crippen molar-refractivity contribution in [1.82, 2.24) is 0 Å². The highest BCUT2D eigenvalue weighted by atomic mass is 32.1. The van der Waals surface area contributed by atoms with Crippen molar-refractivity contribution >= 4 is 39.8 Å². The Bertz CT molecular complexity index is 914.